The molecule has 0 saturated heterocycles. The number of carbonyl (C=O) groups is 1. The molecule has 0 heterocycles. The third-order valence-electron chi connectivity index (χ3n) is 3.46. The summed E-state index contributed by atoms with van der Waals surface area (Å²) in [5, 5.41) is 14.1. The second-order valence-electron chi connectivity index (χ2n) is 5.30. The van der Waals surface area contributed by atoms with E-state index in [0.29, 0.717) is 16.5 Å². The highest BCUT2D eigenvalue weighted by Gasteiger charge is 2.19. The van der Waals surface area contributed by atoms with Crippen LogP contribution in [0.5, 0.6) is 11.5 Å². The number of non-ortho nitro benzene ring substituents is 1. The van der Waals surface area contributed by atoms with Crippen molar-refractivity contribution in [2.45, 2.75) is 20.0 Å². The predicted molar refractivity (Wildman–Crippen MR) is 94.6 cm³/mol. The molecular weight excluding hydrogens is 348 g/mol. The van der Waals surface area contributed by atoms with Gasteiger partial charge in [-0.1, -0.05) is 11.6 Å². The maximum absolute atomic E-state index is 12.4. The predicted octanol–water partition coefficient (Wildman–Crippen LogP) is 3.97. The van der Waals surface area contributed by atoms with Crippen molar-refractivity contribution in [2.24, 2.45) is 0 Å². The Bertz CT molecular complexity index is 810. The van der Waals surface area contributed by atoms with Gasteiger partial charge in [0.05, 0.1) is 17.7 Å². The number of nitrogens with one attached hydrogen (secondary N) is 1. The topological polar surface area (TPSA) is 90.7 Å². The Morgan fingerprint density at radius 2 is 1.92 bits per heavy atom. The molecule has 8 heteroatoms. The molecule has 1 atom stereocenters. The first-order valence-corrected chi connectivity index (χ1v) is 7.75. The summed E-state index contributed by atoms with van der Waals surface area (Å²) in [5.41, 5.74) is 0.836. The number of benzene rings is 2. The highest BCUT2D eigenvalue weighted by Crippen LogP contribution is 2.29. The maximum atomic E-state index is 12.4. The molecule has 0 aliphatic heterocycles. The molecule has 0 saturated carbocycles. The van der Waals surface area contributed by atoms with E-state index in [4.69, 9.17) is 21.1 Å². The normalized spacial score (nSPS) is 11.5. The summed E-state index contributed by atoms with van der Waals surface area (Å²) < 4.78 is 10.8. The first-order chi connectivity index (χ1) is 11.8. The first-order valence-electron chi connectivity index (χ1n) is 7.38. The monoisotopic (exact) mass is 364 g/mol. The lowest BCUT2D eigenvalue weighted by Crippen LogP contribution is -2.30. The van der Waals surface area contributed by atoms with Crippen molar-refractivity contribution in [3.8, 4) is 11.5 Å². The van der Waals surface area contributed by atoms with Crippen LogP contribution in [0.2, 0.25) is 5.02 Å². The quantitative estimate of drug-likeness (QED) is 0.618. The number of aryl methyl sites for hydroxylation is 1. The molecule has 0 bridgehead atoms. The van der Waals surface area contributed by atoms with Gasteiger partial charge in [0.25, 0.3) is 11.6 Å². The molecule has 1 N–H and O–H groups in total. The summed E-state index contributed by atoms with van der Waals surface area (Å²) in [5.74, 6) is 0.375. The lowest BCUT2D eigenvalue weighted by Gasteiger charge is -2.17. The highest BCUT2D eigenvalue weighted by molar-refractivity contribution is 6.30. The molecule has 2 aromatic carbocycles. The molecule has 0 aromatic heterocycles. The SMILES string of the molecule is COc1ccc([N+](=O)[O-])cc1NC(=O)[C@H](C)Oc1ccc(Cl)cc1C. The van der Waals surface area contributed by atoms with Gasteiger partial charge >= 0.3 is 0 Å². The van der Waals surface area contributed by atoms with E-state index in [1.807, 2.05) is 6.92 Å². The van der Waals surface area contributed by atoms with E-state index >= 15 is 0 Å². The Labute approximate surface area is 149 Å². The van der Waals surface area contributed by atoms with Crippen LogP contribution in [0.4, 0.5) is 11.4 Å². The zero-order valence-corrected chi connectivity index (χ0v) is 14.7. The maximum Gasteiger partial charge on any atom is 0.271 e. The number of rotatable bonds is 6. The number of anilines is 1. The number of carbonyl (C=O) groups excluding carboxylic acids is 1. The zero-order chi connectivity index (χ0) is 18.6. The number of methoxy groups -OCH3 is 1. The Hall–Kier alpha value is -2.80. The molecular formula is C17H17ClN2O5. The van der Waals surface area contributed by atoms with E-state index in [2.05, 4.69) is 5.32 Å². The van der Waals surface area contributed by atoms with Crippen LogP contribution in [0.1, 0.15) is 12.5 Å². The molecule has 2 rings (SSSR count). The van der Waals surface area contributed by atoms with Gasteiger partial charge in [-0.2, -0.15) is 0 Å². The fourth-order valence-electron chi connectivity index (χ4n) is 2.13. The molecule has 7 nitrogen and oxygen atoms in total. The number of hydrogen-bond donors (Lipinski definition) is 1. The van der Waals surface area contributed by atoms with Crippen molar-refractivity contribution in [3.05, 3.63) is 57.1 Å². The van der Waals surface area contributed by atoms with Crippen LogP contribution in [-0.4, -0.2) is 24.0 Å². The fourth-order valence-corrected chi connectivity index (χ4v) is 2.36. The molecule has 0 aliphatic carbocycles. The number of ether oxygens (including phenoxy) is 2. The molecule has 0 radical (unpaired) electrons. The van der Waals surface area contributed by atoms with E-state index in [0.717, 1.165) is 5.56 Å². The van der Waals surface area contributed by atoms with Gasteiger partial charge in [-0.3, -0.25) is 14.9 Å². The summed E-state index contributed by atoms with van der Waals surface area (Å²) in [4.78, 5) is 22.7. The second-order valence-corrected chi connectivity index (χ2v) is 5.74. The van der Waals surface area contributed by atoms with Gasteiger partial charge in [-0.15, -0.1) is 0 Å². The molecule has 0 spiro atoms. The average molecular weight is 365 g/mol. The van der Waals surface area contributed by atoms with Gasteiger partial charge in [0.15, 0.2) is 6.10 Å². The number of nitro benzene ring substituents is 1. The number of nitro groups is 1. The zero-order valence-electron chi connectivity index (χ0n) is 13.9. The minimum atomic E-state index is -0.830. The van der Waals surface area contributed by atoms with Crippen molar-refractivity contribution >= 4 is 28.9 Å². The van der Waals surface area contributed by atoms with Crippen LogP contribution in [0.15, 0.2) is 36.4 Å². The summed E-state index contributed by atoms with van der Waals surface area (Å²) in [6.07, 6.45) is -0.830. The fraction of sp³-hybridized carbons (Fsp3) is 0.235. The molecule has 25 heavy (non-hydrogen) atoms. The number of halogens is 1. The van der Waals surface area contributed by atoms with E-state index in [-0.39, 0.29) is 11.4 Å². The average Bonchev–Trinajstić information content (AvgIpc) is 2.57. The minimum Gasteiger partial charge on any atom is -0.495 e. The van der Waals surface area contributed by atoms with Crippen molar-refractivity contribution in [2.75, 3.05) is 12.4 Å². The number of nitrogens with zero attached hydrogens (tertiary/aromatic N) is 1. The number of hydrogen-bond acceptors (Lipinski definition) is 5. The lowest BCUT2D eigenvalue weighted by atomic mass is 10.2. The summed E-state index contributed by atoms with van der Waals surface area (Å²) in [6, 6.07) is 9.02. The third kappa shape index (κ3) is 4.60. The Morgan fingerprint density at radius 3 is 2.52 bits per heavy atom. The lowest BCUT2D eigenvalue weighted by molar-refractivity contribution is -0.384. The standard InChI is InChI=1S/C17H17ClN2O5/c1-10-8-12(18)4-6-15(10)25-11(2)17(21)19-14-9-13(20(22)23)5-7-16(14)24-3/h4-9,11H,1-3H3,(H,19,21)/t11-/m0/s1. The molecule has 0 aliphatic rings. The van der Waals surface area contributed by atoms with Gasteiger partial charge < -0.3 is 14.8 Å². The van der Waals surface area contributed by atoms with E-state index in [9.17, 15) is 14.9 Å². The van der Waals surface area contributed by atoms with E-state index in [1.165, 1.54) is 25.3 Å². The number of amides is 1. The van der Waals surface area contributed by atoms with E-state index < -0.39 is 16.9 Å². The van der Waals surface area contributed by atoms with Crippen molar-refractivity contribution in [1.82, 2.24) is 0 Å². The molecule has 2 aromatic rings. The summed E-state index contributed by atoms with van der Waals surface area (Å²) in [7, 11) is 1.41. The van der Waals surface area contributed by atoms with Crippen LogP contribution in [0.25, 0.3) is 0 Å². The first kappa shape index (κ1) is 18.5. The van der Waals surface area contributed by atoms with Gasteiger partial charge in [0.2, 0.25) is 0 Å². The Morgan fingerprint density at radius 1 is 1.24 bits per heavy atom. The van der Waals surface area contributed by atoms with Crippen molar-refractivity contribution < 1.29 is 19.2 Å². The molecule has 1 amide bonds. The summed E-state index contributed by atoms with van der Waals surface area (Å²) in [6.45, 7) is 3.39. The van der Waals surface area contributed by atoms with E-state index in [1.54, 1.807) is 25.1 Å². The summed E-state index contributed by atoms with van der Waals surface area (Å²) >= 11 is 5.89. The Balaban J connectivity index is 2.15. The van der Waals surface area contributed by atoms with Crippen LogP contribution < -0.4 is 14.8 Å². The van der Waals surface area contributed by atoms with Gasteiger partial charge in [0, 0.05) is 17.2 Å². The third-order valence-corrected chi connectivity index (χ3v) is 3.70. The van der Waals surface area contributed by atoms with Crippen LogP contribution >= 0.6 is 11.6 Å². The van der Waals surface area contributed by atoms with Gasteiger partial charge in [-0.25, -0.2) is 0 Å². The van der Waals surface area contributed by atoms with Crippen LogP contribution in [-0.2, 0) is 4.79 Å². The van der Waals surface area contributed by atoms with Crippen LogP contribution in [0.3, 0.4) is 0 Å². The molecule has 132 valence electrons. The van der Waals surface area contributed by atoms with Crippen LogP contribution in [0, 0.1) is 17.0 Å². The molecule has 0 fully saturated rings. The largest absolute Gasteiger partial charge is 0.495 e. The van der Waals surface area contributed by atoms with Gasteiger partial charge in [0.1, 0.15) is 11.5 Å². The van der Waals surface area contributed by atoms with Crippen molar-refractivity contribution in [3.63, 3.8) is 0 Å². The van der Waals surface area contributed by atoms with Crippen molar-refractivity contribution in [1.29, 1.82) is 0 Å². The highest BCUT2D eigenvalue weighted by atomic mass is 35.5. The smallest absolute Gasteiger partial charge is 0.271 e. The molecule has 0 unspecified atom stereocenters. The van der Waals surface area contributed by atoms with Gasteiger partial charge in [-0.05, 0) is 43.7 Å². The minimum absolute atomic E-state index is 0.154. The second kappa shape index (κ2) is 7.85. The Kier molecular flexibility index (Phi) is 5.82.